The van der Waals surface area contributed by atoms with Crippen LogP contribution in [0.1, 0.15) is 28.8 Å². The molecule has 2 aromatic carbocycles. The zero-order chi connectivity index (χ0) is 19.9. The van der Waals surface area contributed by atoms with Gasteiger partial charge in [0.25, 0.3) is 5.91 Å². The van der Waals surface area contributed by atoms with Crippen LogP contribution in [-0.2, 0) is 16.4 Å². The fourth-order valence-electron chi connectivity index (χ4n) is 3.06. The van der Waals surface area contributed by atoms with Crippen molar-refractivity contribution < 1.29 is 17.9 Å². The minimum atomic E-state index is -3.81. The zero-order valence-corrected chi connectivity index (χ0v) is 17.1. The zero-order valence-electron chi connectivity index (χ0n) is 14.7. The van der Waals surface area contributed by atoms with Crippen molar-refractivity contribution in [3.05, 3.63) is 57.6 Å². The van der Waals surface area contributed by atoms with Crippen LogP contribution in [0.4, 0.5) is 0 Å². The smallest absolute Gasteiger partial charge is 0.252 e. The van der Waals surface area contributed by atoms with Gasteiger partial charge in [0.2, 0.25) is 10.0 Å². The molecular formula is C19H18Cl2N2O4S. The van der Waals surface area contributed by atoms with Gasteiger partial charge in [0.1, 0.15) is 16.7 Å². The van der Waals surface area contributed by atoms with Crippen molar-refractivity contribution in [1.29, 1.82) is 0 Å². The number of sulfonamides is 1. The van der Waals surface area contributed by atoms with Gasteiger partial charge in [-0.3, -0.25) is 4.79 Å². The second kappa shape index (κ2) is 7.55. The van der Waals surface area contributed by atoms with Crippen molar-refractivity contribution in [3.63, 3.8) is 0 Å². The highest BCUT2D eigenvalue weighted by Crippen LogP contribution is 2.31. The van der Waals surface area contributed by atoms with E-state index in [1.54, 1.807) is 0 Å². The lowest BCUT2D eigenvalue weighted by Crippen LogP contribution is -2.34. The quantitative estimate of drug-likeness (QED) is 0.722. The summed E-state index contributed by atoms with van der Waals surface area (Å²) in [5.41, 5.74) is 1.14. The highest BCUT2D eigenvalue weighted by Gasteiger charge is 2.30. The molecule has 9 heteroatoms. The van der Waals surface area contributed by atoms with Gasteiger partial charge in [-0.05, 0) is 36.6 Å². The summed E-state index contributed by atoms with van der Waals surface area (Å²) in [7, 11) is -3.81. The SMILES string of the molecule is O=C(NCC1Cc2ccccc2O1)c1cc(S(=O)(=O)NC2CC2)c(Cl)cc1Cl. The van der Waals surface area contributed by atoms with Crippen LogP contribution < -0.4 is 14.8 Å². The number of fused-ring (bicyclic) bond motifs is 1. The van der Waals surface area contributed by atoms with Gasteiger partial charge in [0, 0.05) is 12.5 Å². The second-order valence-corrected chi connectivity index (χ2v) is 9.42. The van der Waals surface area contributed by atoms with Crippen LogP contribution in [0, 0.1) is 0 Å². The van der Waals surface area contributed by atoms with Crippen LogP contribution in [0.25, 0.3) is 0 Å². The first kappa shape index (κ1) is 19.5. The third-order valence-electron chi connectivity index (χ3n) is 4.66. The predicted octanol–water partition coefficient (Wildman–Crippen LogP) is 3.17. The molecule has 2 N–H and O–H groups in total. The van der Waals surface area contributed by atoms with Gasteiger partial charge >= 0.3 is 0 Å². The third-order valence-corrected chi connectivity index (χ3v) is 6.96. The number of benzene rings is 2. The van der Waals surface area contributed by atoms with E-state index in [0.29, 0.717) is 6.42 Å². The molecule has 4 rings (SSSR count). The lowest BCUT2D eigenvalue weighted by Gasteiger charge is -2.14. The van der Waals surface area contributed by atoms with Crippen LogP contribution in [-0.4, -0.2) is 33.0 Å². The number of hydrogen-bond donors (Lipinski definition) is 2. The second-order valence-electron chi connectivity index (χ2n) is 6.92. The first-order valence-electron chi connectivity index (χ1n) is 8.87. The minimum absolute atomic E-state index is 0.0238. The van der Waals surface area contributed by atoms with Crippen molar-refractivity contribution in [3.8, 4) is 5.75 Å². The van der Waals surface area contributed by atoms with E-state index in [0.717, 1.165) is 24.2 Å². The summed E-state index contributed by atoms with van der Waals surface area (Å²) in [5.74, 6) is 0.329. The molecule has 1 aliphatic carbocycles. The molecular weight excluding hydrogens is 423 g/mol. The van der Waals surface area contributed by atoms with E-state index in [2.05, 4.69) is 10.0 Å². The van der Waals surface area contributed by atoms with Gasteiger partial charge in [0.05, 0.1) is 22.2 Å². The summed E-state index contributed by atoms with van der Waals surface area (Å²) in [4.78, 5) is 12.5. The lowest BCUT2D eigenvalue weighted by molar-refractivity contribution is 0.0933. The fourth-order valence-corrected chi connectivity index (χ4v) is 5.23. The van der Waals surface area contributed by atoms with Crippen molar-refractivity contribution in [1.82, 2.24) is 10.0 Å². The van der Waals surface area contributed by atoms with Gasteiger partial charge < -0.3 is 10.1 Å². The molecule has 2 aliphatic rings. The van der Waals surface area contributed by atoms with Crippen LogP contribution in [0.15, 0.2) is 41.3 Å². The minimum Gasteiger partial charge on any atom is -0.488 e. The van der Waals surface area contributed by atoms with E-state index >= 15 is 0 Å². The van der Waals surface area contributed by atoms with Crippen molar-refractivity contribution in [2.24, 2.45) is 0 Å². The molecule has 0 saturated heterocycles. The number of amides is 1. The van der Waals surface area contributed by atoms with E-state index in [1.165, 1.54) is 12.1 Å². The summed E-state index contributed by atoms with van der Waals surface area (Å²) < 4.78 is 33.3. The highest BCUT2D eigenvalue weighted by atomic mass is 35.5. The number of rotatable bonds is 6. The molecule has 0 spiro atoms. The van der Waals surface area contributed by atoms with E-state index in [4.69, 9.17) is 27.9 Å². The maximum atomic E-state index is 12.6. The van der Waals surface area contributed by atoms with Crippen molar-refractivity contribution >= 4 is 39.1 Å². The summed E-state index contributed by atoms with van der Waals surface area (Å²) >= 11 is 12.2. The molecule has 2 aromatic rings. The Labute approximate surface area is 173 Å². The number of ether oxygens (including phenoxy) is 1. The Hall–Kier alpha value is -1.80. The summed E-state index contributed by atoms with van der Waals surface area (Å²) in [6.45, 7) is 0.273. The molecule has 1 saturated carbocycles. The Morgan fingerprint density at radius 1 is 1.14 bits per heavy atom. The number of carbonyl (C=O) groups is 1. The van der Waals surface area contributed by atoms with Crippen LogP contribution in [0.2, 0.25) is 10.0 Å². The number of carbonyl (C=O) groups excluding carboxylic acids is 1. The first-order chi connectivity index (χ1) is 13.3. The molecule has 0 aromatic heterocycles. The number of para-hydroxylation sites is 1. The normalized spacial score (nSPS) is 18.4. The van der Waals surface area contributed by atoms with E-state index < -0.39 is 15.9 Å². The van der Waals surface area contributed by atoms with Crippen LogP contribution in [0.3, 0.4) is 0 Å². The number of halogens is 2. The fraction of sp³-hybridized carbons (Fsp3) is 0.316. The van der Waals surface area contributed by atoms with Gasteiger partial charge in [0.15, 0.2) is 0 Å². The van der Waals surface area contributed by atoms with Gasteiger partial charge in [-0.15, -0.1) is 0 Å². The van der Waals surface area contributed by atoms with Gasteiger partial charge in [-0.25, -0.2) is 13.1 Å². The summed E-state index contributed by atoms with van der Waals surface area (Å²) in [6, 6.07) is 10.1. The Morgan fingerprint density at radius 3 is 2.61 bits per heavy atom. The predicted molar refractivity (Wildman–Crippen MR) is 107 cm³/mol. The molecule has 1 aliphatic heterocycles. The molecule has 1 unspecified atom stereocenters. The van der Waals surface area contributed by atoms with Gasteiger partial charge in [-0.1, -0.05) is 41.4 Å². The standard InChI is InChI=1S/C19H18Cl2N2O4S/c20-15-9-16(21)18(28(25,26)23-12-5-6-12)8-14(15)19(24)22-10-13-7-11-3-1-2-4-17(11)27-13/h1-4,8-9,12-13,23H,5-7,10H2,(H,22,24). The van der Waals surface area contributed by atoms with Crippen LogP contribution >= 0.6 is 23.2 Å². The molecule has 1 atom stereocenters. The van der Waals surface area contributed by atoms with Gasteiger partial charge in [-0.2, -0.15) is 0 Å². The van der Waals surface area contributed by atoms with E-state index in [1.807, 2.05) is 24.3 Å². The van der Waals surface area contributed by atoms with E-state index in [9.17, 15) is 13.2 Å². The molecule has 0 bridgehead atoms. The third kappa shape index (κ3) is 4.12. The Morgan fingerprint density at radius 2 is 1.89 bits per heavy atom. The Kier molecular flexibility index (Phi) is 5.26. The monoisotopic (exact) mass is 440 g/mol. The van der Waals surface area contributed by atoms with E-state index in [-0.39, 0.29) is 39.2 Å². The Balaban J connectivity index is 1.47. The molecule has 28 heavy (non-hydrogen) atoms. The molecule has 1 amide bonds. The molecule has 0 radical (unpaired) electrons. The number of hydrogen-bond acceptors (Lipinski definition) is 4. The largest absolute Gasteiger partial charge is 0.488 e. The maximum absolute atomic E-state index is 12.6. The molecule has 1 heterocycles. The molecule has 148 valence electrons. The maximum Gasteiger partial charge on any atom is 0.252 e. The topological polar surface area (TPSA) is 84.5 Å². The number of nitrogens with one attached hydrogen (secondary N) is 2. The molecule has 1 fully saturated rings. The lowest BCUT2D eigenvalue weighted by atomic mass is 10.1. The average molecular weight is 441 g/mol. The average Bonchev–Trinajstić information content (AvgIpc) is 3.33. The van der Waals surface area contributed by atoms with Crippen LogP contribution in [0.5, 0.6) is 5.75 Å². The molecule has 6 nitrogen and oxygen atoms in total. The van der Waals surface area contributed by atoms with Crippen molar-refractivity contribution in [2.45, 2.75) is 36.3 Å². The first-order valence-corrected chi connectivity index (χ1v) is 11.1. The van der Waals surface area contributed by atoms with Crippen molar-refractivity contribution in [2.75, 3.05) is 6.54 Å². The highest BCUT2D eigenvalue weighted by molar-refractivity contribution is 7.89. The Bertz CT molecular complexity index is 1010. The summed E-state index contributed by atoms with van der Waals surface area (Å²) in [5, 5.41) is 2.82. The summed E-state index contributed by atoms with van der Waals surface area (Å²) in [6.07, 6.45) is 2.09.